The molecule has 2 rings (SSSR count). The van der Waals surface area contributed by atoms with Crippen molar-refractivity contribution in [3.63, 3.8) is 0 Å². The van der Waals surface area contributed by atoms with Gasteiger partial charge >= 0.3 is 0 Å². The molecule has 1 aromatic carbocycles. The molecule has 0 radical (unpaired) electrons. The molecule has 0 aliphatic rings. The zero-order chi connectivity index (χ0) is 14.9. The summed E-state index contributed by atoms with van der Waals surface area (Å²) in [5, 5.41) is 7.71. The minimum absolute atomic E-state index is 0.142. The lowest BCUT2D eigenvalue weighted by Gasteiger charge is -2.24. The minimum Gasteiger partial charge on any atom is -0.324 e. The number of nitrogens with one attached hydrogen (secondary N) is 1. The predicted molar refractivity (Wildman–Crippen MR) is 89.1 cm³/mol. The number of aromatic nitrogens is 2. The van der Waals surface area contributed by atoms with Crippen molar-refractivity contribution < 1.29 is 4.79 Å². The van der Waals surface area contributed by atoms with Crippen LogP contribution in [0.25, 0.3) is 0 Å². The van der Waals surface area contributed by atoms with Crippen molar-refractivity contribution in [2.24, 2.45) is 0 Å². The summed E-state index contributed by atoms with van der Waals surface area (Å²) in [6.07, 6.45) is 3.56. The zero-order valence-corrected chi connectivity index (χ0v) is 14.4. The van der Waals surface area contributed by atoms with Crippen LogP contribution in [0.2, 0.25) is 5.02 Å². The summed E-state index contributed by atoms with van der Waals surface area (Å²) >= 11 is 8.23. The second-order valence-electron chi connectivity index (χ2n) is 5.08. The van der Waals surface area contributed by atoms with Crippen LogP contribution < -0.4 is 5.32 Å². The molecule has 1 aromatic heterocycles. The highest BCUT2D eigenvalue weighted by Gasteiger charge is 2.30. The van der Waals surface area contributed by atoms with Gasteiger partial charge in [0.2, 0.25) is 0 Å². The molecule has 2 aromatic rings. The standard InChI is InChI=1S/C14H15ClIN3O/c1-9-4-5-11(6-12(9)15)18-13(20)14(2,3)19-8-10(16)7-17-19/h4-8H,1-3H3,(H,18,20). The number of amides is 1. The Hall–Kier alpha value is -1.08. The van der Waals surface area contributed by atoms with Crippen molar-refractivity contribution in [3.05, 3.63) is 44.7 Å². The zero-order valence-electron chi connectivity index (χ0n) is 11.4. The Morgan fingerprint density at radius 2 is 2.15 bits per heavy atom. The van der Waals surface area contributed by atoms with E-state index in [4.69, 9.17) is 11.6 Å². The van der Waals surface area contributed by atoms with Gasteiger partial charge in [0, 0.05) is 16.9 Å². The van der Waals surface area contributed by atoms with Gasteiger partial charge in [0.05, 0.1) is 9.77 Å². The van der Waals surface area contributed by atoms with E-state index in [9.17, 15) is 4.79 Å². The second-order valence-corrected chi connectivity index (χ2v) is 6.73. The maximum Gasteiger partial charge on any atom is 0.251 e. The van der Waals surface area contributed by atoms with Gasteiger partial charge in [-0.05, 0) is 61.1 Å². The predicted octanol–water partition coefficient (Wildman–Crippen LogP) is 3.82. The first-order chi connectivity index (χ1) is 9.30. The number of hydrogen-bond donors (Lipinski definition) is 1. The maximum absolute atomic E-state index is 12.4. The number of aryl methyl sites for hydroxylation is 1. The maximum atomic E-state index is 12.4. The summed E-state index contributed by atoms with van der Waals surface area (Å²) in [5.74, 6) is -0.142. The fourth-order valence-corrected chi connectivity index (χ4v) is 2.23. The Kier molecular flexibility index (Phi) is 4.39. The SMILES string of the molecule is Cc1ccc(NC(=O)C(C)(C)n2cc(I)cn2)cc1Cl. The normalized spacial score (nSPS) is 11.4. The van der Waals surface area contributed by atoms with Crippen molar-refractivity contribution in [2.75, 3.05) is 5.32 Å². The first-order valence-corrected chi connectivity index (χ1v) is 7.54. The van der Waals surface area contributed by atoms with Gasteiger partial charge in [-0.3, -0.25) is 9.48 Å². The summed E-state index contributed by atoms with van der Waals surface area (Å²) in [6.45, 7) is 5.56. The van der Waals surface area contributed by atoms with Gasteiger partial charge < -0.3 is 5.32 Å². The van der Waals surface area contributed by atoms with E-state index < -0.39 is 5.54 Å². The van der Waals surface area contributed by atoms with E-state index in [1.807, 2.05) is 39.1 Å². The molecule has 0 bridgehead atoms. The molecule has 1 heterocycles. The largest absolute Gasteiger partial charge is 0.324 e. The molecule has 106 valence electrons. The van der Waals surface area contributed by atoms with Crippen LogP contribution in [-0.2, 0) is 10.3 Å². The third-order valence-electron chi connectivity index (χ3n) is 3.11. The van der Waals surface area contributed by atoms with E-state index in [-0.39, 0.29) is 5.91 Å². The number of nitrogens with zero attached hydrogens (tertiary/aromatic N) is 2. The number of hydrogen-bond acceptors (Lipinski definition) is 2. The molecule has 0 unspecified atom stereocenters. The lowest BCUT2D eigenvalue weighted by molar-refractivity contribution is -0.123. The molecule has 0 aliphatic carbocycles. The van der Waals surface area contributed by atoms with Crippen LogP contribution in [0, 0.1) is 10.5 Å². The highest BCUT2D eigenvalue weighted by atomic mass is 127. The number of carbonyl (C=O) groups excluding carboxylic acids is 1. The van der Waals surface area contributed by atoms with Crippen LogP contribution >= 0.6 is 34.2 Å². The van der Waals surface area contributed by atoms with Gasteiger partial charge in [-0.2, -0.15) is 5.10 Å². The van der Waals surface area contributed by atoms with Gasteiger partial charge in [-0.15, -0.1) is 0 Å². The fraction of sp³-hybridized carbons (Fsp3) is 0.286. The highest BCUT2D eigenvalue weighted by molar-refractivity contribution is 14.1. The summed E-state index contributed by atoms with van der Waals surface area (Å²) < 4.78 is 2.64. The third kappa shape index (κ3) is 3.15. The van der Waals surface area contributed by atoms with E-state index in [0.29, 0.717) is 10.7 Å². The number of benzene rings is 1. The van der Waals surface area contributed by atoms with Gasteiger partial charge in [0.25, 0.3) is 5.91 Å². The molecule has 0 atom stereocenters. The number of carbonyl (C=O) groups is 1. The molecule has 0 spiro atoms. The average Bonchev–Trinajstić information content (AvgIpc) is 2.81. The molecule has 0 aliphatic heterocycles. The lowest BCUT2D eigenvalue weighted by atomic mass is 10.0. The Morgan fingerprint density at radius 3 is 2.70 bits per heavy atom. The number of rotatable bonds is 3. The first kappa shape index (κ1) is 15.3. The highest BCUT2D eigenvalue weighted by Crippen LogP contribution is 2.23. The van der Waals surface area contributed by atoms with Gasteiger partial charge in [0.1, 0.15) is 5.54 Å². The quantitative estimate of drug-likeness (QED) is 0.792. The van der Waals surface area contributed by atoms with E-state index in [0.717, 1.165) is 9.13 Å². The first-order valence-electron chi connectivity index (χ1n) is 6.09. The van der Waals surface area contributed by atoms with Gasteiger partial charge in [0.15, 0.2) is 0 Å². The molecule has 0 saturated heterocycles. The molecule has 0 fully saturated rings. The average molecular weight is 404 g/mol. The van der Waals surface area contributed by atoms with E-state index in [1.165, 1.54) is 0 Å². The van der Waals surface area contributed by atoms with E-state index >= 15 is 0 Å². The molecule has 1 N–H and O–H groups in total. The summed E-state index contributed by atoms with van der Waals surface area (Å²) in [4.78, 5) is 12.4. The van der Waals surface area contributed by atoms with Crippen LogP contribution in [-0.4, -0.2) is 15.7 Å². The molecule has 0 saturated carbocycles. The van der Waals surface area contributed by atoms with Crippen molar-refractivity contribution in [3.8, 4) is 0 Å². The molecule has 6 heteroatoms. The van der Waals surface area contributed by atoms with Crippen LogP contribution in [0.5, 0.6) is 0 Å². The van der Waals surface area contributed by atoms with Gasteiger partial charge in [-0.25, -0.2) is 0 Å². The van der Waals surface area contributed by atoms with Crippen LogP contribution in [0.1, 0.15) is 19.4 Å². The molecule has 20 heavy (non-hydrogen) atoms. The molecule has 4 nitrogen and oxygen atoms in total. The van der Waals surface area contributed by atoms with Gasteiger partial charge in [-0.1, -0.05) is 17.7 Å². The summed E-state index contributed by atoms with van der Waals surface area (Å²) in [5.41, 5.74) is 0.881. The molecule has 1 amide bonds. The molecular weight excluding hydrogens is 389 g/mol. The van der Waals surface area contributed by atoms with Crippen molar-refractivity contribution in [2.45, 2.75) is 26.3 Å². The third-order valence-corrected chi connectivity index (χ3v) is 4.07. The van der Waals surface area contributed by atoms with Crippen molar-refractivity contribution in [1.29, 1.82) is 0 Å². The fourth-order valence-electron chi connectivity index (χ4n) is 1.67. The van der Waals surface area contributed by atoms with Crippen LogP contribution in [0.15, 0.2) is 30.6 Å². The monoisotopic (exact) mass is 403 g/mol. The van der Waals surface area contributed by atoms with Crippen LogP contribution in [0.3, 0.4) is 0 Å². The lowest BCUT2D eigenvalue weighted by Crippen LogP contribution is -2.40. The van der Waals surface area contributed by atoms with Crippen LogP contribution in [0.4, 0.5) is 5.69 Å². The Balaban J connectivity index is 2.20. The number of anilines is 1. The molecular formula is C14H15ClIN3O. The Morgan fingerprint density at radius 1 is 1.45 bits per heavy atom. The minimum atomic E-state index is -0.777. The summed E-state index contributed by atoms with van der Waals surface area (Å²) in [6, 6.07) is 5.46. The Bertz CT molecular complexity index is 652. The summed E-state index contributed by atoms with van der Waals surface area (Å²) in [7, 11) is 0. The number of halogens is 2. The second kappa shape index (κ2) is 5.73. The Labute approximate surface area is 136 Å². The topological polar surface area (TPSA) is 46.9 Å². The van der Waals surface area contributed by atoms with E-state index in [1.54, 1.807) is 16.9 Å². The smallest absolute Gasteiger partial charge is 0.251 e. The van der Waals surface area contributed by atoms with E-state index in [2.05, 4.69) is 33.0 Å². The van der Waals surface area contributed by atoms with Crippen molar-refractivity contribution >= 4 is 45.8 Å². The van der Waals surface area contributed by atoms with Crippen molar-refractivity contribution in [1.82, 2.24) is 9.78 Å².